The first kappa shape index (κ1) is 17.8. The molecule has 6 heteroatoms. The van der Waals surface area contributed by atoms with Crippen LogP contribution in [0.5, 0.6) is 5.75 Å². The molecule has 29 heavy (non-hydrogen) atoms. The second-order valence-electron chi connectivity index (χ2n) is 7.24. The van der Waals surface area contributed by atoms with Gasteiger partial charge in [0, 0.05) is 17.8 Å². The summed E-state index contributed by atoms with van der Waals surface area (Å²) in [5, 5.41) is 3.40. The molecule has 1 aromatic carbocycles. The van der Waals surface area contributed by atoms with E-state index in [1.165, 1.54) is 6.20 Å². The van der Waals surface area contributed by atoms with E-state index in [9.17, 15) is 0 Å². The molecule has 0 saturated carbocycles. The number of rotatable bonds is 5. The maximum absolute atomic E-state index is 15.1. The number of hydrogen-bond acceptors (Lipinski definition) is 4. The van der Waals surface area contributed by atoms with Crippen molar-refractivity contribution in [2.24, 2.45) is 0 Å². The summed E-state index contributed by atoms with van der Waals surface area (Å²) >= 11 is 0. The molecule has 1 aliphatic rings. The Morgan fingerprint density at radius 1 is 1.07 bits per heavy atom. The Bertz CT molecular complexity index is 1140. The Labute approximate surface area is 168 Å². The summed E-state index contributed by atoms with van der Waals surface area (Å²) in [4.78, 5) is 11.9. The van der Waals surface area contributed by atoms with Crippen LogP contribution in [0.15, 0.2) is 61.1 Å². The largest absolute Gasteiger partial charge is 0.490 e. The lowest BCUT2D eigenvalue weighted by Gasteiger charge is -2.15. The number of pyridine rings is 2. The van der Waals surface area contributed by atoms with Gasteiger partial charge in [-0.1, -0.05) is 30.3 Å². The van der Waals surface area contributed by atoms with Crippen LogP contribution in [0, 0.1) is 5.82 Å². The third-order valence-corrected chi connectivity index (χ3v) is 5.33. The Morgan fingerprint density at radius 3 is 2.79 bits per heavy atom. The molecule has 0 aliphatic carbocycles. The zero-order valence-electron chi connectivity index (χ0n) is 15.9. The highest BCUT2D eigenvalue weighted by Crippen LogP contribution is 2.41. The van der Waals surface area contributed by atoms with E-state index >= 15 is 4.39 Å². The van der Waals surface area contributed by atoms with Gasteiger partial charge in [0.1, 0.15) is 12.4 Å². The van der Waals surface area contributed by atoms with Crippen molar-refractivity contribution >= 4 is 11.0 Å². The van der Waals surface area contributed by atoms with Gasteiger partial charge < -0.3 is 15.0 Å². The zero-order chi connectivity index (χ0) is 19.6. The summed E-state index contributed by atoms with van der Waals surface area (Å²) in [6.45, 7) is 1.48. The van der Waals surface area contributed by atoms with Gasteiger partial charge in [-0.3, -0.25) is 9.97 Å². The molecule has 0 radical (unpaired) electrons. The van der Waals surface area contributed by atoms with Crippen molar-refractivity contribution in [2.45, 2.75) is 18.9 Å². The average molecular weight is 388 g/mol. The van der Waals surface area contributed by atoms with Crippen molar-refractivity contribution in [2.75, 3.05) is 13.2 Å². The molecule has 1 saturated heterocycles. The van der Waals surface area contributed by atoms with Crippen molar-refractivity contribution < 1.29 is 9.13 Å². The molecular formula is C23H21FN4O. The van der Waals surface area contributed by atoms with E-state index < -0.39 is 5.82 Å². The van der Waals surface area contributed by atoms with E-state index in [1.54, 1.807) is 12.4 Å². The fourth-order valence-corrected chi connectivity index (χ4v) is 3.95. The second kappa shape index (κ2) is 7.64. The van der Waals surface area contributed by atoms with Gasteiger partial charge in [0.2, 0.25) is 0 Å². The lowest BCUT2D eigenvalue weighted by molar-refractivity contribution is 0.276. The third-order valence-electron chi connectivity index (χ3n) is 5.33. The molecule has 1 fully saturated rings. The van der Waals surface area contributed by atoms with Crippen LogP contribution in [0.3, 0.4) is 0 Å². The van der Waals surface area contributed by atoms with Crippen molar-refractivity contribution in [1.29, 1.82) is 0 Å². The van der Waals surface area contributed by atoms with Crippen LogP contribution in [0.25, 0.3) is 33.4 Å². The molecule has 3 aromatic heterocycles. The summed E-state index contributed by atoms with van der Waals surface area (Å²) in [7, 11) is 0. The Kier molecular flexibility index (Phi) is 4.69. The molecule has 0 spiro atoms. The molecule has 5 nitrogen and oxygen atoms in total. The SMILES string of the molecule is Fc1cncc(OC[C@@H]2CCCN2)c1-c1[nH]c2cccnc2c1-c1ccccc1. The van der Waals surface area contributed by atoms with E-state index in [-0.39, 0.29) is 6.04 Å². The number of aromatic amines is 1. The predicted octanol–water partition coefficient (Wildman–Crippen LogP) is 4.56. The maximum Gasteiger partial charge on any atom is 0.154 e. The van der Waals surface area contributed by atoms with Crippen LogP contribution in [-0.4, -0.2) is 34.1 Å². The van der Waals surface area contributed by atoms with Crippen LogP contribution in [0.1, 0.15) is 12.8 Å². The third kappa shape index (κ3) is 3.36. The van der Waals surface area contributed by atoms with Gasteiger partial charge in [-0.05, 0) is 37.1 Å². The normalized spacial score (nSPS) is 16.4. The average Bonchev–Trinajstić information content (AvgIpc) is 3.40. The van der Waals surface area contributed by atoms with Crippen LogP contribution >= 0.6 is 0 Å². The van der Waals surface area contributed by atoms with Gasteiger partial charge in [0.05, 0.1) is 34.7 Å². The monoisotopic (exact) mass is 388 g/mol. The fraction of sp³-hybridized carbons (Fsp3) is 0.217. The molecule has 4 heterocycles. The number of H-pyrrole nitrogens is 1. The van der Waals surface area contributed by atoms with E-state index in [1.807, 2.05) is 42.5 Å². The highest BCUT2D eigenvalue weighted by Gasteiger charge is 2.23. The minimum absolute atomic E-state index is 0.282. The maximum atomic E-state index is 15.1. The molecular weight excluding hydrogens is 367 g/mol. The van der Waals surface area contributed by atoms with Gasteiger partial charge in [0.25, 0.3) is 0 Å². The number of fused-ring (bicyclic) bond motifs is 1. The summed E-state index contributed by atoms with van der Waals surface area (Å²) in [6.07, 6.45) is 6.75. The van der Waals surface area contributed by atoms with Crippen molar-refractivity contribution in [3.63, 3.8) is 0 Å². The number of halogens is 1. The van der Waals surface area contributed by atoms with Crippen molar-refractivity contribution in [1.82, 2.24) is 20.3 Å². The zero-order valence-corrected chi connectivity index (χ0v) is 15.9. The molecule has 5 rings (SSSR count). The van der Waals surface area contributed by atoms with Crippen molar-refractivity contribution in [3.8, 4) is 28.1 Å². The lowest BCUT2D eigenvalue weighted by atomic mass is 10.0. The predicted molar refractivity (Wildman–Crippen MR) is 111 cm³/mol. The molecule has 2 N–H and O–H groups in total. The summed E-state index contributed by atoms with van der Waals surface area (Å²) in [6, 6.07) is 14.0. The molecule has 1 atom stereocenters. The minimum Gasteiger partial charge on any atom is -0.490 e. The first-order valence-corrected chi connectivity index (χ1v) is 9.83. The van der Waals surface area contributed by atoms with Crippen LogP contribution in [0.2, 0.25) is 0 Å². The van der Waals surface area contributed by atoms with E-state index in [2.05, 4.69) is 20.3 Å². The molecule has 4 aromatic rings. The van der Waals surface area contributed by atoms with E-state index in [0.29, 0.717) is 23.6 Å². The second-order valence-corrected chi connectivity index (χ2v) is 7.24. The standard InChI is InChI=1S/C23H21FN4O/c24-17-12-25-13-19(29-14-16-8-4-10-26-16)21(17)23-20(15-6-2-1-3-7-15)22-18(28-23)9-5-11-27-22/h1-3,5-7,9,11-13,16,26,28H,4,8,10,14H2/t16-/m0/s1. The quantitative estimate of drug-likeness (QED) is 0.526. The van der Waals surface area contributed by atoms with Crippen LogP contribution < -0.4 is 10.1 Å². The number of aromatic nitrogens is 3. The van der Waals surface area contributed by atoms with Gasteiger partial charge in [0.15, 0.2) is 5.82 Å². The lowest BCUT2D eigenvalue weighted by Crippen LogP contribution is -2.28. The van der Waals surface area contributed by atoms with E-state index in [0.717, 1.165) is 41.5 Å². The van der Waals surface area contributed by atoms with Gasteiger partial charge in [-0.2, -0.15) is 0 Å². The first-order chi connectivity index (χ1) is 14.3. The molecule has 146 valence electrons. The Balaban J connectivity index is 1.66. The molecule has 1 aliphatic heterocycles. The highest BCUT2D eigenvalue weighted by atomic mass is 19.1. The van der Waals surface area contributed by atoms with Crippen LogP contribution in [-0.2, 0) is 0 Å². The molecule has 0 amide bonds. The van der Waals surface area contributed by atoms with E-state index in [4.69, 9.17) is 4.74 Å². The molecule has 0 bridgehead atoms. The summed E-state index contributed by atoms with van der Waals surface area (Å²) < 4.78 is 21.1. The number of benzene rings is 1. The Morgan fingerprint density at radius 2 is 1.97 bits per heavy atom. The number of ether oxygens (including phenoxy) is 1. The Hall–Kier alpha value is -3.25. The minimum atomic E-state index is -0.425. The fourth-order valence-electron chi connectivity index (χ4n) is 3.95. The van der Waals surface area contributed by atoms with Gasteiger partial charge in [-0.25, -0.2) is 4.39 Å². The van der Waals surface area contributed by atoms with Gasteiger partial charge in [-0.15, -0.1) is 0 Å². The summed E-state index contributed by atoms with van der Waals surface area (Å²) in [5.74, 6) is 0.00746. The number of nitrogens with one attached hydrogen (secondary N) is 2. The molecule has 0 unspecified atom stereocenters. The smallest absolute Gasteiger partial charge is 0.154 e. The number of nitrogens with zero attached hydrogens (tertiary/aromatic N) is 2. The first-order valence-electron chi connectivity index (χ1n) is 9.83. The number of hydrogen-bond donors (Lipinski definition) is 2. The highest BCUT2D eigenvalue weighted by molar-refractivity contribution is 6.02. The van der Waals surface area contributed by atoms with Crippen LogP contribution in [0.4, 0.5) is 4.39 Å². The van der Waals surface area contributed by atoms with Gasteiger partial charge >= 0.3 is 0 Å². The van der Waals surface area contributed by atoms with Crippen molar-refractivity contribution in [3.05, 3.63) is 66.9 Å². The summed E-state index contributed by atoms with van der Waals surface area (Å²) in [5.41, 5.74) is 4.51. The topological polar surface area (TPSA) is 62.8 Å².